The Labute approximate surface area is 233 Å². The van der Waals surface area contributed by atoms with Gasteiger partial charge in [-0.3, -0.25) is 0 Å². The molecule has 0 radical (unpaired) electrons. The number of hydrogen-bond acceptors (Lipinski definition) is 9. The predicted molar refractivity (Wildman–Crippen MR) is 156 cm³/mol. The van der Waals surface area contributed by atoms with Crippen LogP contribution in [0.2, 0.25) is 0 Å². The standard InChI is InChI=1S/C28H12N4S5/c29-12-17(13-30)10-19-16-37-27(23(19)11-18(14-31)15-32)21-4-8-34-25(21)20-3-7-35-26(20)22-5-9-36-28(22)24-2-1-6-33-24/h1-11,16H. The van der Waals surface area contributed by atoms with Crippen molar-refractivity contribution in [1.82, 2.24) is 0 Å². The third-order valence-corrected chi connectivity index (χ3v) is 10.3. The van der Waals surface area contributed by atoms with Crippen LogP contribution in [0.1, 0.15) is 11.1 Å². The Kier molecular flexibility index (Phi) is 7.26. The third-order valence-electron chi connectivity index (χ3n) is 5.40. The SMILES string of the molecule is N#CC(C#N)=Cc1csc(-c2ccsc2-c2ccsc2-c2ccsc2-c2cccs2)c1C=C(C#N)C#N. The van der Waals surface area contributed by atoms with Crippen LogP contribution in [0.15, 0.2) is 68.4 Å². The van der Waals surface area contributed by atoms with Crippen LogP contribution in [-0.2, 0) is 0 Å². The average molecular weight is 565 g/mol. The van der Waals surface area contributed by atoms with Crippen LogP contribution in [0, 0.1) is 45.3 Å². The maximum atomic E-state index is 9.41. The van der Waals surface area contributed by atoms with Crippen LogP contribution in [0.25, 0.3) is 53.2 Å². The Hall–Kier alpha value is -4.06. The van der Waals surface area contributed by atoms with E-state index in [0.29, 0.717) is 11.1 Å². The molecule has 5 aromatic heterocycles. The van der Waals surface area contributed by atoms with E-state index < -0.39 is 0 Å². The second-order valence-corrected chi connectivity index (χ2v) is 12.0. The fourth-order valence-electron chi connectivity index (χ4n) is 3.81. The number of rotatable bonds is 6. The number of nitriles is 4. The van der Waals surface area contributed by atoms with Gasteiger partial charge >= 0.3 is 0 Å². The molecule has 0 unspecified atom stereocenters. The van der Waals surface area contributed by atoms with Crippen LogP contribution in [-0.4, -0.2) is 0 Å². The van der Waals surface area contributed by atoms with E-state index in [4.69, 9.17) is 0 Å². The minimum Gasteiger partial charge on any atom is -0.192 e. The highest BCUT2D eigenvalue weighted by Crippen LogP contribution is 2.50. The minimum atomic E-state index is -0.0448. The summed E-state index contributed by atoms with van der Waals surface area (Å²) in [6.45, 7) is 0. The van der Waals surface area contributed by atoms with Gasteiger partial charge in [0.05, 0.1) is 4.88 Å². The van der Waals surface area contributed by atoms with Crippen molar-refractivity contribution in [2.45, 2.75) is 0 Å². The molecule has 0 aliphatic heterocycles. The first-order valence-electron chi connectivity index (χ1n) is 10.6. The zero-order valence-corrected chi connectivity index (χ0v) is 22.8. The predicted octanol–water partition coefficient (Wildman–Crippen LogP) is 9.52. The van der Waals surface area contributed by atoms with Crippen LogP contribution >= 0.6 is 56.7 Å². The maximum Gasteiger partial charge on any atom is 0.130 e. The van der Waals surface area contributed by atoms with Crippen LogP contribution in [0.5, 0.6) is 0 Å². The van der Waals surface area contributed by atoms with E-state index in [-0.39, 0.29) is 11.1 Å². The first-order chi connectivity index (χ1) is 18.2. The lowest BCUT2D eigenvalue weighted by Crippen LogP contribution is -1.84. The van der Waals surface area contributed by atoms with Gasteiger partial charge in [-0.15, -0.1) is 56.7 Å². The summed E-state index contributed by atoms with van der Waals surface area (Å²) in [5.74, 6) is 0. The molecule has 0 N–H and O–H groups in total. The van der Waals surface area contributed by atoms with Gasteiger partial charge in [-0.2, -0.15) is 21.0 Å². The summed E-state index contributed by atoms with van der Waals surface area (Å²) in [5.41, 5.74) is 4.51. The molecule has 0 spiro atoms. The quantitative estimate of drug-likeness (QED) is 0.192. The minimum absolute atomic E-state index is 0.0429. The van der Waals surface area contributed by atoms with E-state index in [1.165, 1.54) is 43.7 Å². The molecule has 0 fully saturated rings. The van der Waals surface area contributed by atoms with Gasteiger partial charge in [0.1, 0.15) is 35.4 Å². The van der Waals surface area contributed by atoms with E-state index in [9.17, 15) is 21.0 Å². The molecule has 174 valence electrons. The summed E-state index contributed by atoms with van der Waals surface area (Å²) in [6, 6.07) is 18.2. The smallest absolute Gasteiger partial charge is 0.130 e. The van der Waals surface area contributed by atoms with Crippen LogP contribution in [0.3, 0.4) is 0 Å². The molecule has 0 aliphatic rings. The molecule has 0 bridgehead atoms. The lowest BCUT2D eigenvalue weighted by Gasteiger charge is -2.07. The highest BCUT2D eigenvalue weighted by Gasteiger charge is 2.22. The normalized spacial score (nSPS) is 10.1. The van der Waals surface area contributed by atoms with E-state index in [2.05, 4.69) is 40.4 Å². The molecule has 5 rings (SSSR count). The van der Waals surface area contributed by atoms with Gasteiger partial charge in [-0.25, -0.2) is 0 Å². The van der Waals surface area contributed by atoms with Gasteiger partial charge in [0.2, 0.25) is 0 Å². The van der Waals surface area contributed by atoms with Gasteiger partial charge in [-0.05, 0) is 68.9 Å². The van der Waals surface area contributed by atoms with Crippen LogP contribution < -0.4 is 0 Å². The van der Waals surface area contributed by atoms with Crippen molar-refractivity contribution in [2.75, 3.05) is 0 Å². The van der Waals surface area contributed by atoms with Gasteiger partial charge in [-0.1, -0.05) is 6.07 Å². The highest BCUT2D eigenvalue weighted by molar-refractivity contribution is 7.22. The van der Waals surface area contributed by atoms with Crippen molar-refractivity contribution < 1.29 is 0 Å². The van der Waals surface area contributed by atoms with Crippen molar-refractivity contribution in [3.8, 4) is 65.4 Å². The second-order valence-electron chi connectivity index (χ2n) is 7.46. The lowest BCUT2D eigenvalue weighted by atomic mass is 10.00. The molecule has 0 aliphatic carbocycles. The fraction of sp³-hybridized carbons (Fsp3) is 0. The molecule has 4 nitrogen and oxygen atoms in total. The number of allylic oxidation sites excluding steroid dienone is 2. The largest absolute Gasteiger partial charge is 0.192 e. The van der Waals surface area contributed by atoms with Crippen molar-refractivity contribution in [1.29, 1.82) is 21.0 Å². The molecule has 0 saturated heterocycles. The summed E-state index contributed by atoms with van der Waals surface area (Å²) in [6.07, 6.45) is 3.03. The van der Waals surface area contributed by atoms with E-state index in [1.807, 2.05) is 41.1 Å². The lowest BCUT2D eigenvalue weighted by molar-refractivity contribution is 1.47. The highest BCUT2D eigenvalue weighted by atomic mass is 32.1. The van der Waals surface area contributed by atoms with Crippen molar-refractivity contribution in [3.05, 3.63) is 79.5 Å². The maximum absolute atomic E-state index is 9.41. The molecule has 0 atom stereocenters. The molecule has 37 heavy (non-hydrogen) atoms. The monoisotopic (exact) mass is 564 g/mol. The van der Waals surface area contributed by atoms with E-state index in [0.717, 1.165) is 20.9 Å². The number of nitrogens with zero attached hydrogens (tertiary/aromatic N) is 4. The molecule has 5 aromatic rings. The first-order valence-corrected chi connectivity index (χ1v) is 15.0. The fourth-order valence-corrected chi connectivity index (χ4v) is 8.70. The summed E-state index contributed by atoms with van der Waals surface area (Å²) in [7, 11) is 0. The molecular formula is C28H12N4S5. The Morgan fingerprint density at radius 3 is 1.68 bits per heavy atom. The molecule has 5 heterocycles. The van der Waals surface area contributed by atoms with Gasteiger partial charge < -0.3 is 0 Å². The van der Waals surface area contributed by atoms with Gasteiger partial charge in [0.15, 0.2) is 0 Å². The summed E-state index contributed by atoms with van der Waals surface area (Å²) < 4.78 is 0. The summed E-state index contributed by atoms with van der Waals surface area (Å²) in [5, 5.41) is 47.6. The molecule has 0 amide bonds. The molecule has 0 saturated carbocycles. The molecule has 9 heteroatoms. The summed E-state index contributed by atoms with van der Waals surface area (Å²) in [4.78, 5) is 5.64. The van der Waals surface area contributed by atoms with E-state index >= 15 is 0 Å². The molecule has 0 aromatic carbocycles. The number of thiophene rings is 5. The Bertz CT molecular complexity index is 1790. The molecular weight excluding hydrogens is 553 g/mol. The zero-order valence-electron chi connectivity index (χ0n) is 18.8. The van der Waals surface area contributed by atoms with Gasteiger partial charge in [0, 0.05) is 41.8 Å². The van der Waals surface area contributed by atoms with Crippen LogP contribution in [0.4, 0.5) is 0 Å². The average Bonchev–Trinajstić information content (AvgIpc) is 3.73. The van der Waals surface area contributed by atoms with Crippen molar-refractivity contribution >= 4 is 68.8 Å². The topological polar surface area (TPSA) is 95.2 Å². The van der Waals surface area contributed by atoms with Gasteiger partial charge in [0.25, 0.3) is 0 Å². The number of hydrogen-bond donors (Lipinski definition) is 0. The Morgan fingerprint density at radius 1 is 0.568 bits per heavy atom. The van der Waals surface area contributed by atoms with Crippen molar-refractivity contribution in [2.24, 2.45) is 0 Å². The van der Waals surface area contributed by atoms with E-state index in [1.54, 1.807) is 45.3 Å². The van der Waals surface area contributed by atoms with Crippen molar-refractivity contribution in [3.63, 3.8) is 0 Å². The Morgan fingerprint density at radius 2 is 1.11 bits per heavy atom. The first kappa shape index (κ1) is 24.6. The third kappa shape index (κ3) is 4.71. The second kappa shape index (κ2) is 10.9. The Balaban J connectivity index is 1.68. The summed E-state index contributed by atoms with van der Waals surface area (Å²) >= 11 is 8.26. The zero-order chi connectivity index (χ0) is 25.8.